The Morgan fingerprint density at radius 3 is 2.93 bits per heavy atom. The lowest BCUT2D eigenvalue weighted by Crippen LogP contribution is -2.00. The van der Waals surface area contributed by atoms with Crippen molar-refractivity contribution in [2.24, 2.45) is 0 Å². The molecule has 0 aliphatic carbocycles. The van der Waals surface area contributed by atoms with E-state index in [1.54, 1.807) is 6.92 Å². The van der Waals surface area contributed by atoms with E-state index in [-0.39, 0.29) is 0 Å². The summed E-state index contributed by atoms with van der Waals surface area (Å²) >= 11 is 0. The Labute approximate surface area is 81.3 Å². The number of carbonyl (C=O) groups is 1. The van der Waals surface area contributed by atoms with Crippen molar-refractivity contribution in [2.75, 3.05) is 12.3 Å². The van der Waals surface area contributed by atoms with Crippen molar-refractivity contribution in [1.29, 1.82) is 0 Å². The molecular formula is C9H9N3O2. The molecule has 0 aliphatic rings. The zero-order chi connectivity index (χ0) is 10.4. The van der Waals surface area contributed by atoms with E-state index < -0.39 is 5.97 Å². The molecule has 1 aromatic heterocycles. The lowest BCUT2D eigenvalue weighted by atomic mass is 10.4. The van der Waals surface area contributed by atoms with Crippen LogP contribution < -0.4 is 5.73 Å². The molecule has 0 radical (unpaired) electrons. The highest BCUT2D eigenvalue weighted by Crippen LogP contribution is 1.93. The number of nitrogens with two attached hydrogens (primary N) is 1. The Balaban J connectivity index is 2.68. The fraction of sp³-hybridized carbons (Fsp3) is 0.222. The van der Waals surface area contributed by atoms with Crippen LogP contribution in [0.1, 0.15) is 12.6 Å². The standard InChI is InChI=1S/C9H9N3O2/c1-2-14-9(13)4-3-7-5-12-8(10)6-11-7/h5-6H,2H2,1H3,(H2,10,12). The van der Waals surface area contributed by atoms with Crippen molar-refractivity contribution in [3.05, 3.63) is 18.1 Å². The van der Waals surface area contributed by atoms with Gasteiger partial charge in [-0.3, -0.25) is 0 Å². The highest BCUT2D eigenvalue weighted by atomic mass is 16.5. The number of hydrogen-bond acceptors (Lipinski definition) is 5. The molecule has 0 aliphatic heterocycles. The summed E-state index contributed by atoms with van der Waals surface area (Å²) in [7, 11) is 0. The second kappa shape index (κ2) is 4.82. The molecule has 0 fully saturated rings. The van der Waals surface area contributed by atoms with E-state index in [4.69, 9.17) is 5.73 Å². The Morgan fingerprint density at radius 1 is 1.57 bits per heavy atom. The summed E-state index contributed by atoms with van der Waals surface area (Å²) in [5, 5.41) is 0. The lowest BCUT2D eigenvalue weighted by Gasteiger charge is -1.91. The number of rotatable bonds is 1. The average Bonchev–Trinajstić information content (AvgIpc) is 2.17. The monoisotopic (exact) mass is 191 g/mol. The first-order valence-corrected chi connectivity index (χ1v) is 3.98. The molecule has 0 spiro atoms. The van der Waals surface area contributed by atoms with Gasteiger partial charge < -0.3 is 10.5 Å². The second-order valence-electron chi connectivity index (χ2n) is 2.30. The van der Waals surface area contributed by atoms with E-state index in [1.807, 2.05) is 0 Å². The first kappa shape index (κ1) is 9.99. The zero-order valence-corrected chi connectivity index (χ0v) is 7.65. The smallest absolute Gasteiger partial charge is 0.384 e. The van der Waals surface area contributed by atoms with E-state index >= 15 is 0 Å². The van der Waals surface area contributed by atoms with Gasteiger partial charge in [0, 0.05) is 5.92 Å². The van der Waals surface area contributed by atoms with Gasteiger partial charge in [-0.05, 0) is 12.8 Å². The van der Waals surface area contributed by atoms with Crippen molar-refractivity contribution >= 4 is 11.8 Å². The predicted octanol–water partition coefficient (Wildman–Crippen LogP) is -0.0266. The van der Waals surface area contributed by atoms with Gasteiger partial charge in [0.05, 0.1) is 19.0 Å². The second-order valence-corrected chi connectivity index (χ2v) is 2.30. The molecule has 0 unspecified atom stereocenters. The van der Waals surface area contributed by atoms with Gasteiger partial charge in [-0.1, -0.05) is 0 Å². The van der Waals surface area contributed by atoms with Crippen LogP contribution in [-0.2, 0) is 9.53 Å². The maximum atomic E-state index is 10.8. The molecule has 2 N–H and O–H groups in total. The molecule has 0 aromatic carbocycles. The van der Waals surface area contributed by atoms with Gasteiger partial charge in [-0.2, -0.15) is 0 Å². The third-order valence-electron chi connectivity index (χ3n) is 1.24. The molecule has 5 heteroatoms. The van der Waals surface area contributed by atoms with E-state index in [9.17, 15) is 4.79 Å². The number of anilines is 1. The molecule has 0 saturated carbocycles. The molecule has 72 valence electrons. The summed E-state index contributed by atoms with van der Waals surface area (Å²) in [4.78, 5) is 18.4. The van der Waals surface area contributed by atoms with Crippen molar-refractivity contribution in [1.82, 2.24) is 9.97 Å². The maximum absolute atomic E-state index is 10.8. The van der Waals surface area contributed by atoms with Crippen LogP contribution in [0.15, 0.2) is 12.4 Å². The maximum Gasteiger partial charge on any atom is 0.384 e. The molecule has 1 heterocycles. The number of nitrogens with zero attached hydrogens (tertiary/aromatic N) is 2. The fourth-order valence-electron chi connectivity index (χ4n) is 0.685. The molecule has 0 saturated heterocycles. The summed E-state index contributed by atoms with van der Waals surface area (Å²) in [6.45, 7) is 2.02. The summed E-state index contributed by atoms with van der Waals surface area (Å²) in [6, 6.07) is 0. The minimum absolute atomic E-state index is 0.306. The number of hydrogen-bond donors (Lipinski definition) is 1. The van der Waals surface area contributed by atoms with Crippen LogP contribution in [-0.4, -0.2) is 22.5 Å². The third-order valence-corrected chi connectivity index (χ3v) is 1.24. The van der Waals surface area contributed by atoms with E-state index in [0.717, 1.165) is 0 Å². The Hall–Kier alpha value is -2.09. The summed E-state index contributed by atoms with van der Waals surface area (Å²) in [5.74, 6) is 4.50. The van der Waals surface area contributed by atoms with Crippen molar-refractivity contribution < 1.29 is 9.53 Å². The highest BCUT2D eigenvalue weighted by molar-refractivity contribution is 5.88. The van der Waals surface area contributed by atoms with Crippen LogP contribution in [0.4, 0.5) is 5.82 Å². The number of aromatic nitrogens is 2. The normalized spacial score (nSPS) is 8.64. The van der Waals surface area contributed by atoms with Gasteiger partial charge in [-0.15, -0.1) is 0 Å². The minimum atomic E-state index is -0.578. The van der Waals surface area contributed by atoms with Gasteiger partial charge in [0.2, 0.25) is 0 Å². The van der Waals surface area contributed by atoms with Gasteiger partial charge in [0.1, 0.15) is 11.5 Å². The highest BCUT2D eigenvalue weighted by Gasteiger charge is 1.93. The summed E-state index contributed by atoms with van der Waals surface area (Å²) in [6.07, 6.45) is 2.76. The van der Waals surface area contributed by atoms with Crippen molar-refractivity contribution in [2.45, 2.75) is 6.92 Å². The largest absolute Gasteiger partial charge is 0.456 e. The number of esters is 1. The van der Waals surface area contributed by atoms with Gasteiger partial charge in [0.25, 0.3) is 0 Å². The lowest BCUT2D eigenvalue weighted by molar-refractivity contribution is -0.136. The molecule has 0 bridgehead atoms. The van der Waals surface area contributed by atoms with Crippen LogP contribution in [0, 0.1) is 11.8 Å². The van der Waals surface area contributed by atoms with Gasteiger partial charge >= 0.3 is 5.97 Å². The van der Waals surface area contributed by atoms with Crippen molar-refractivity contribution in [3.63, 3.8) is 0 Å². The predicted molar refractivity (Wildman–Crippen MR) is 50.0 cm³/mol. The average molecular weight is 191 g/mol. The summed E-state index contributed by atoms with van der Waals surface area (Å²) in [5.41, 5.74) is 5.70. The van der Waals surface area contributed by atoms with E-state index in [0.29, 0.717) is 18.1 Å². The summed E-state index contributed by atoms with van der Waals surface area (Å²) < 4.78 is 4.60. The first-order chi connectivity index (χ1) is 6.72. The minimum Gasteiger partial charge on any atom is -0.456 e. The SMILES string of the molecule is CCOC(=O)C#Cc1cnc(N)cn1. The molecule has 0 atom stereocenters. The molecular weight excluding hydrogens is 182 g/mol. The fourth-order valence-corrected chi connectivity index (χ4v) is 0.685. The van der Waals surface area contributed by atoms with Crippen LogP contribution in [0.5, 0.6) is 0 Å². The molecule has 5 nitrogen and oxygen atoms in total. The third kappa shape index (κ3) is 3.11. The van der Waals surface area contributed by atoms with Crippen LogP contribution in [0.25, 0.3) is 0 Å². The van der Waals surface area contributed by atoms with Crippen LogP contribution in [0.3, 0.4) is 0 Å². The van der Waals surface area contributed by atoms with Crippen molar-refractivity contribution in [3.8, 4) is 11.8 Å². The molecule has 14 heavy (non-hydrogen) atoms. The van der Waals surface area contributed by atoms with Gasteiger partial charge in [-0.25, -0.2) is 14.8 Å². The number of nitrogen functional groups attached to an aromatic ring is 1. The van der Waals surface area contributed by atoms with E-state index in [1.165, 1.54) is 12.4 Å². The molecule has 1 aromatic rings. The van der Waals surface area contributed by atoms with Gasteiger partial charge in [0.15, 0.2) is 0 Å². The molecule has 1 rings (SSSR count). The van der Waals surface area contributed by atoms with E-state index in [2.05, 4.69) is 26.5 Å². The quantitative estimate of drug-likeness (QED) is 0.498. The molecule has 0 amide bonds. The Kier molecular flexibility index (Phi) is 3.44. The number of ether oxygens (including phenoxy) is 1. The number of carbonyl (C=O) groups excluding carboxylic acids is 1. The zero-order valence-electron chi connectivity index (χ0n) is 7.65. The van der Waals surface area contributed by atoms with Crippen LogP contribution >= 0.6 is 0 Å². The first-order valence-electron chi connectivity index (χ1n) is 3.98. The topological polar surface area (TPSA) is 78.1 Å². The van der Waals surface area contributed by atoms with Crippen LogP contribution in [0.2, 0.25) is 0 Å². The Morgan fingerprint density at radius 2 is 2.36 bits per heavy atom. The Bertz CT molecular complexity index is 375.